The second-order valence-electron chi connectivity index (χ2n) is 7.86. The first-order valence-electron chi connectivity index (χ1n) is 9.81. The molecule has 2 aromatic carbocycles. The molecule has 0 atom stereocenters. The van der Waals surface area contributed by atoms with Gasteiger partial charge >= 0.3 is 0 Å². The van der Waals surface area contributed by atoms with Gasteiger partial charge in [-0.3, -0.25) is 9.89 Å². The fourth-order valence-corrected chi connectivity index (χ4v) is 4.44. The molecule has 0 bridgehead atoms. The molecule has 1 amide bonds. The molecule has 1 aliphatic carbocycles. The van der Waals surface area contributed by atoms with Crippen molar-refractivity contribution in [1.82, 2.24) is 10.2 Å². The van der Waals surface area contributed by atoms with Gasteiger partial charge < -0.3 is 4.90 Å². The fraction of sp³-hybridized carbons (Fsp3) is 0.304. The van der Waals surface area contributed by atoms with E-state index >= 15 is 0 Å². The van der Waals surface area contributed by atoms with Crippen LogP contribution in [0.1, 0.15) is 42.5 Å². The molecule has 4 nitrogen and oxygen atoms in total. The van der Waals surface area contributed by atoms with Crippen LogP contribution < -0.4 is 4.90 Å². The molecule has 142 valence electrons. The van der Waals surface area contributed by atoms with Gasteiger partial charge in [-0.1, -0.05) is 24.3 Å². The summed E-state index contributed by atoms with van der Waals surface area (Å²) in [7, 11) is 0. The summed E-state index contributed by atoms with van der Waals surface area (Å²) < 4.78 is 13.3. The number of benzene rings is 2. The molecule has 5 heteroatoms. The molecule has 1 saturated carbocycles. The molecule has 3 aromatic rings. The number of rotatable bonds is 4. The van der Waals surface area contributed by atoms with Crippen molar-refractivity contribution < 1.29 is 9.18 Å². The van der Waals surface area contributed by atoms with E-state index in [-0.39, 0.29) is 17.1 Å². The van der Waals surface area contributed by atoms with Crippen LogP contribution in [0.4, 0.5) is 10.1 Å². The van der Waals surface area contributed by atoms with Gasteiger partial charge in [0.1, 0.15) is 5.82 Å². The molecule has 1 aliphatic heterocycles. The third-order valence-electron chi connectivity index (χ3n) is 6.16. The van der Waals surface area contributed by atoms with Crippen molar-refractivity contribution in [2.75, 3.05) is 11.4 Å². The maximum absolute atomic E-state index is 13.3. The minimum absolute atomic E-state index is 0.0784. The van der Waals surface area contributed by atoms with Gasteiger partial charge in [0.05, 0.1) is 5.69 Å². The fourth-order valence-electron chi connectivity index (χ4n) is 4.44. The lowest BCUT2D eigenvalue weighted by molar-refractivity contribution is -0.117. The third-order valence-corrected chi connectivity index (χ3v) is 6.16. The number of hydrogen-bond donors (Lipinski definition) is 1. The van der Waals surface area contributed by atoms with Crippen LogP contribution in [0.2, 0.25) is 0 Å². The number of hydrogen-bond acceptors (Lipinski definition) is 2. The van der Waals surface area contributed by atoms with Crippen molar-refractivity contribution in [3.8, 4) is 11.3 Å². The zero-order chi connectivity index (χ0) is 19.3. The summed E-state index contributed by atoms with van der Waals surface area (Å²) in [5, 5.41) is 7.85. The Hall–Kier alpha value is -2.95. The molecular weight excluding hydrogens is 353 g/mol. The smallest absolute Gasteiger partial charge is 0.227 e. The minimum atomic E-state index is -0.210. The van der Waals surface area contributed by atoms with Crippen molar-refractivity contribution in [2.45, 2.75) is 38.0 Å². The Morgan fingerprint density at radius 3 is 2.39 bits per heavy atom. The lowest BCUT2D eigenvalue weighted by Crippen LogP contribution is -2.23. The van der Waals surface area contributed by atoms with Crippen molar-refractivity contribution in [1.29, 1.82) is 0 Å². The predicted octanol–water partition coefficient (Wildman–Crippen LogP) is 4.73. The molecule has 2 heterocycles. The van der Waals surface area contributed by atoms with E-state index < -0.39 is 0 Å². The second kappa shape index (κ2) is 6.30. The van der Waals surface area contributed by atoms with E-state index in [4.69, 9.17) is 0 Å². The van der Waals surface area contributed by atoms with E-state index in [2.05, 4.69) is 17.1 Å². The van der Waals surface area contributed by atoms with Crippen LogP contribution in [-0.4, -0.2) is 22.6 Å². The normalized spacial score (nSPS) is 17.9. The summed E-state index contributed by atoms with van der Waals surface area (Å²) in [4.78, 5) is 13.8. The molecule has 0 unspecified atom stereocenters. The number of halogens is 1. The monoisotopic (exact) mass is 375 g/mol. The maximum Gasteiger partial charge on any atom is 0.227 e. The lowest BCUT2D eigenvalue weighted by atomic mass is 9.89. The van der Waals surface area contributed by atoms with Crippen LogP contribution >= 0.6 is 0 Å². The summed E-state index contributed by atoms with van der Waals surface area (Å²) in [6.07, 6.45) is 3.64. The third kappa shape index (κ3) is 2.65. The quantitative estimate of drug-likeness (QED) is 0.717. The molecule has 28 heavy (non-hydrogen) atoms. The molecule has 2 aliphatic rings. The molecule has 1 aromatic heterocycles. The topological polar surface area (TPSA) is 49.0 Å². The van der Waals surface area contributed by atoms with Gasteiger partial charge in [-0.15, -0.1) is 0 Å². The SMILES string of the molecule is Cc1c(-c2ccc(N3CCCC3=O)cc2)n[nH]c1C1(c2ccc(F)cc2)CC1. The van der Waals surface area contributed by atoms with Gasteiger partial charge in [-0.05, 0) is 61.6 Å². The number of H-pyrrole nitrogens is 1. The summed E-state index contributed by atoms with van der Waals surface area (Å²) in [6, 6.07) is 14.9. The highest BCUT2D eigenvalue weighted by molar-refractivity contribution is 5.95. The first kappa shape index (κ1) is 17.2. The maximum atomic E-state index is 13.3. The highest BCUT2D eigenvalue weighted by atomic mass is 19.1. The van der Waals surface area contributed by atoms with Gasteiger partial charge in [0, 0.05) is 35.3 Å². The Morgan fingerprint density at radius 1 is 1.07 bits per heavy atom. The average Bonchev–Trinajstić information content (AvgIpc) is 3.24. The zero-order valence-electron chi connectivity index (χ0n) is 15.8. The summed E-state index contributed by atoms with van der Waals surface area (Å²) in [5.74, 6) is -0.0147. The summed E-state index contributed by atoms with van der Waals surface area (Å²) in [6.45, 7) is 2.89. The number of aromatic amines is 1. The molecule has 0 radical (unpaired) electrons. The van der Waals surface area contributed by atoms with Crippen LogP contribution in [0, 0.1) is 12.7 Å². The van der Waals surface area contributed by atoms with Crippen molar-refractivity contribution in [3.63, 3.8) is 0 Å². The number of nitrogens with zero attached hydrogens (tertiary/aromatic N) is 2. The van der Waals surface area contributed by atoms with Gasteiger partial charge in [-0.2, -0.15) is 5.10 Å². The van der Waals surface area contributed by atoms with Crippen LogP contribution in [0.15, 0.2) is 48.5 Å². The largest absolute Gasteiger partial charge is 0.312 e. The number of aromatic nitrogens is 2. The lowest BCUT2D eigenvalue weighted by Gasteiger charge is -2.16. The molecule has 0 spiro atoms. The van der Waals surface area contributed by atoms with Gasteiger partial charge in [0.2, 0.25) is 5.91 Å². The van der Waals surface area contributed by atoms with E-state index in [9.17, 15) is 9.18 Å². The molecule has 1 N–H and O–H groups in total. The number of carbonyl (C=O) groups is 1. The molecule has 5 rings (SSSR count). The van der Waals surface area contributed by atoms with Crippen LogP contribution in [-0.2, 0) is 10.2 Å². The van der Waals surface area contributed by atoms with Gasteiger partial charge in [0.15, 0.2) is 0 Å². The second-order valence-corrected chi connectivity index (χ2v) is 7.86. The highest BCUT2D eigenvalue weighted by Gasteiger charge is 2.48. The van der Waals surface area contributed by atoms with Gasteiger partial charge in [-0.25, -0.2) is 4.39 Å². The number of nitrogens with one attached hydrogen (secondary N) is 1. The number of anilines is 1. The van der Waals surface area contributed by atoms with Crippen molar-refractivity contribution in [2.24, 2.45) is 0 Å². The van der Waals surface area contributed by atoms with Crippen molar-refractivity contribution >= 4 is 11.6 Å². The highest BCUT2D eigenvalue weighted by Crippen LogP contribution is 2.54. The zero-order valence-corrected chi connectivity index (χ0v) is 15.8. The number of carbonyl (C=O) groups excluding carboxylic acids is 1. The average molecular weight is 375 g/mol. The Kier molecular flexibility index (Phi) is 3.86. The molecular formula is C23H22FN3O. The van der Waals surface area contributed by atoms with Crippen molar-refractivity contribution in [3.05, 3.63) is 71.2 Å². The van der Waals surface area contributed by atoms with E-state index in [1.54, 1.807) is 0 Å². The van der Waals surface area contributed by atoms with Crippen LogP contribution in [0.3, 0.4) is 0 Å². The number of amides is 1. The molecule has 2 fully saturated rings. The van der Waals surface area contributed by atoms with Crippen LogP contribution in [0.25, 0.3) is 11.3 Å². The van der Waals surface area contributed by atoms with Crippen LogP contribution in [0.5, 0.6) is 0 Å². The summed E-state index contributed by atoms with van der Waals surface area (Å²) in [5.41, 5.74) is 6.22. The molecule has 1 saturated heterocycles. The Morgan fingerprint density at radius 2 is 1.79 bits per heavy atom. The standard InChI is InChI=1S/C23H22FN3O/c1-15-21(16-4-10-19(11-5-16)27-14-2-3-20(27)28)25-26-22(15)23(12-13-23)17-6-8-18(24)9-7-17/h4-11H,2-3,12-14H2,1H3,(H,25,26). The predicted molar refractivity (Wildman–Crippen MR) is 107 cm³/mol. The summed E-state index contributed by atoms with van der Waals surface area (Å²) >= 11 is 0. The van der Waals surface area contributed by atoms with E-state index in [0.717, 1.165) is 59.6 Å². The minimum Gasteiger partial charge on any atom is -0.312 e. The Balaban J connectivity index is 1.46. The van der Waals surface area contributed by atoms with E-state index in [0.29, 0.717) is 6.42 Å². The van der Waals surface area contributed by atoms with E-state index in [1.807, 2.05) is 41.3 Å². The Bertz CT molecular complexity index is 1030. The van der Waals surface area contributed by atoms with E-state index in [1.165, 1.54) is 12.1 Å². The van der Waals surface area contributed by atoms with Gasteiger partial charge in [0.25, 0.3) is 0 Å². The first-order valence-corrected chi connectivity index (χ1v) is 9.81. The Labute approximate surface area is 163 Å². The first-order chi connectivity index (χ1) is 13.6.